The zero-order valence-electron chi connectivity index (χ0n) is 5.03. The lowest BCUT2D eigenvalue weighted by molar-refractivity contribution is 0.169. The van der Waals surface area contributed by atoms with Crippen molar-refractivity contribution >= 4 is 0 Å². The third-order valence-electron chi connectivity index (χ3n) is 0.999. The SMILES string of the molecule is C=C[C@H](N=O)[C@@H](O)CN. The Morgan fingerprint density at radius 3 is 2.56 bits per heavy atom. The molecule has 4 nitrogen and oxygen atoms in total. The van der Waals surface area contributed by atoms with Crippen LogP contribution in [0.3, 0.4) is 0 Å². The second kappa shape index (κ2) is 4.17. The van der Waals surface area contributed by atoms with Gasteiger partial charge in [0.1, 0.15) is 6.04 Å². The molecule has 3 N–H and O–H groups in total. The van der Waals surface area contributed by atoms with Gasteiger partial charge in [-0.05, 0) is 0 Å². The molecular formula is C5H10N2O2. The minimum atomic E-state index is -0.889. The summed E-state index contributed by atoms with van der Waals surface area (Å²) in [4.78, 5) is 9.80. The van der Waals surface area contributed by atoms with E-state index < -0.39 is 12.1 Å². The van der Waals surface area contributed by atoms with Gasteiger partial charge in [-0.25, -0.2) is 0 Å². The van der Waals surface area contributed by atoms with Crippen LogP contribution in [0.15, 0.2) is 17.8 Å². The molecule has 52 valence electrons. The first kappa shape index (κ1) is 8.26. The molecule has 0 aromatic rings. The lowest BCUT2D eigenvalue weighted by Crippen LogP contribution is -2.30. The lowest BCUT2D eigenvalue weighted by atomic mass is 10.2. The summed E-state index contributed by atoms with van der Waals surface area (Å²) < 4.78 is 0. The van der Waals surface area contributed by atoms with E-state index in [-0.39, 0.29) is 6.54 Å². The zero-order valence-corrected chi connectivity index (χ0v) is 5.03. The highest BCUT2D eigenvalue weighted by Crippen LogP contribution is 1.96. The zero-order chi connectivity index (χ0) is 7.28. The van der Waals surface area contributed by atoms with Gasteiger partial charge in [-0.15, -0.1) is 6.58 Å². The summed E-state index contributed by atoms with van der Waals surface area (Å²) in [5, 5.41) is 11.4. The quantitative estimate of drug-likeness (QED) is 0.402. The van der Waals surface area contributed by atoms with Gasteiger partial charge >= 0.3 is 0 Å². The van der Waals surface area contributed by atoms with Gasteiger partial charge in [0.05, 0.1) is 6.10 Å². The third kappa shape index (κ3) is 2.34. The first-order valence-electron chi connectivity index (χ1n) is 2.59. The maximum atomic E-state index is 9.80. The number of nitroso groups, excluding NO2 is 1. The second-order valence-electron chi connectivity index (χ2n) is 1.63. The maximum Gasteiger partial charge on any atom is 0.137 e. The maximum absolute atomic E-state index is 9.80. The normalized spacial score (nSPS) is 16.2. The molecule has 2 atom stereocenters. The predicted octanol–water partition coefficient (Wildman–Crippen LogP) is -0.373. The molecule has 0 saturated heterocycles. The van der Waals surface area contributed by atoms with E-state index in [1.165, 1.54) is 6.08 Å². The first-order chi connectivity index (χ1) is 4.26. The van der Waals surface area contributed by atoms with E-state index in [0.29, 0.717) is 0 Å². The molecule has 0 aliphatic rings. The molecule has 0 aromatic heterocycles. The molecule has 0 unspecified atom stereocenters. The third-order valence-corrected chi connectivity index (χ3v) is 0.999. The number of rotatable bonds is 4. The van der Waals surface area contributed by atoms with Crippen LogP contribution in [-0.4, -0.2) is 23.8 Å². The Balaban J connectivity index is 3.77. The van der Waals surface area contributed by atoms with Crippen molar-refractivity contribution < 1.29 is 5.11 Å². The largest absolute Gasteiger partial charge is 0.389 e. The summed E-state index contributed by atoms with van der Waals surface area (Å²) in [5.41, 5.74) is 5.03. The van der Waals surface area contributed by atoms with Crippen LogP contribution < -0.4 is 5.73 Å². The monoisotopic (exact) mass is 130 g/mol. The Bertz CT molecular complexity index is 97.1. The van der Waals surface area contributed by atoms with Gasteiger partial charge in [-0.2, -0.15) is 4.91 Å². The van der Waals surface area contributed by atoms with Crippen molar-refractivity contribution in [2.45, 2.75) is 12.1 Å². The van der Waals surface area contributed by atoms with Crippen LogP contribution in [0.25, 0.3) is 0 Å². The summed E-state index contributed by atoms with van der Waals surface area (Å²) in [5.74, 6) is 0. The van der Waals surface area contributed by atoms with E-state index in [0.717, 1.165) is 0 Å². The van der Waals surface area contributed by atoms with E-state index in [1.807, 2.05) is 0 Å². The van der Waals surface area contributed by atoms with Gasteiger partial charge in [-0.3, -0.25) is 0 Å². The van der Waals surface area contributed by atoms with Crippen LogP contribution in [0.4, 0.5) is 0 Å². The number of nitrogens with zero attached hydrogens (tertiary/aromatic N) is 1. The van der Waals surface area contributed by atoms with Crippen LogP contribution in [0.1, 0.15) is 0 Å². The molecule has 0 fully saturated rings. The molecule has 0 spiro atoms. The highest BCUT2D eigenvalue weighted by molar-refractivity contribution is 4.91. The number of aliphatic hydroxyl groups excluding tert-OH is 1. The molecule has 0 bridgehead atoms. The fourth-order valence-corrected chi connectivity index (χ4v) is 0.410. The summed E-state index contributed by atoms with van der Waals surface area (Å²) in [7, 11) is 0. The molecule has 0 rings (SSSR count). The van der Waals surface area contributed by atoms with Crippen molar-refractivity contribution in [3.63, 3.8) is 0 Å². The van der Waals surface area contributed by atoms with Crippen molar-refractivity contribution in [2.75, 3.05) is 6.54 Å². The molecule has 0 saturated carbocycles. The van der Waals surface area contributed by atoms with Gasteiger partial charge in [0.25, 0.3) is 0 Å². The van der Waals surface area contributed by atoms with Crippen molar-refractivity contribution in [2.24, 2.45) is 10.9 Å². The minimum Gasteiger partial charge on any atom is -0.389 e. The predicted molar refractivity (Wildman–Crippen MR) is 34.8 cm³/mol. The van der Waals surface area contributed by atoms with E-state index in [1.54, 1.807) is 0 Å². The van der Waals surface area contributed by atoms with Gasteiger partial charge in [0.2, 0.25) is 0 Å². The molecule has 9 heavy (non-hydrogen) atoms. The van der Waals surface area contributed by atoms with Crippen molar-refractivity contribution in [1.29, 1.82) is 0 Å². The Morgan fingerprint density at radius 2 is 2.44 bits per heavy atom. The van der Waals surface area contributed by atoms with Crippen LogP contribution >= 0.6 is 0 Å². The van der Waals surface area contributed by atoms with Crippen LogP contribution in [-0.2, 0) is 0 Å². The molecule has 0 radical (unpaired) electrons. The molecule has 0 aliphatic carbocycles. The van der Waals surface area contributed by atoms with Crippen LogP contribution in [0.2, 0.25) is 0 Å². The Morgan fingerprint density at radius 1 is 1.89 bits per heavy atom. The van der Waals surface area contributed by atoms with Crippen LogP contribution in [0, 0.1) is 4.91 Å². The molecule has 4 heteroatoms. The standard InChI is InChI=1S/C5H10N2O2/c1-2-4(7-9)5(8)3-6/h2,4-5,8H,1,3,6H2/t4-,5-/m0/s1. The van der Waals surface area contributed by atoms with Gasteiger partial charge in [0.15, 0.2) is 0 Å². The Labute approximate surface area is 53.3 Å². The van der Waals surface area contributed by atoms with E-state index >= 15 is 0 Å². The van der Waals surface area contributed by atoms with Gasteiger partial charge in [-0.1, -0.05) is 11.3 Å². The average molecular weight is 130 g/mol. The Hall–Kier alpha value is -0.740. The summed E-state index contributed by atoms with van der Waals surface area (Å²) in [6.45, 7) is 3.32. The highest BCUT2D eigenvalue weighted by atomic mass is 16.3. The van der Waals surface area contributed by atoms with Gasteiger partial charge in [0, 0.05) is 6.54 Å². The average Bonchev–Trinajstić information content (AvgIpc) is 1.90. The Kier molecular flexibility index (Phi) is 3.83. The molecule has 0 amide bonds. The van der Waals surface area contributed by atoms with Crippen LogP contribution in [0.5, 0.6) is 0 Å². The van der Waals surface area contributed by atoms with Crippen molar-refractivity contribution in [3.8, 4) is 0 Å². The molecular weight excluding hydrogens is 120 g/mol. The van der Waals surface area contributed by atoms with Crippen molar-refractivity contribution in [1.82, 2.24) is 0 Å². The molecule has 0 aromatic carbocycles. The number of hydrogen-bond donors (Lipinski definition) is 2. The highest BCUT2D eigenvalue weighted by Gasteiger charge is 2.13. The van der Waals surface area contributed by atoms with E-state index in [2.05, 4.69) is 11.8 Å². The summed E-state index contributed by atoms with van der Waals surface area (Å²) in [6, 6.07) is -0.769. The van der Waals surface area contributed by atoms with E-state index in [4.69, 9.17) is 10.8 Å². The fourth-order valence-electron chi connectivity index (χ4n) is 0.410. The summed E-state index contributed by atoms with van der Waals surface area (Å²) >= 11 is 0. The molecule has 0 heterocycles. The van der Waals surface area contributed by atoms with Crippen molar-refractivity contribution in [3.05, 3.63) is 17.6 Å². The number of nitrogens with two attached hydrogens (primary N) is 1. The topological polar surface area (TPSA) is 75.7 Å². The number of hydrogen-bond acceptors (Lipinski definition) is 4. The summed E-state index contributed by atoms with van der Waals surface area (Å²) in [6.07, 6.45) is 0.379. The first-order valence-corrected chi connectivity index (χ1v) is 2.59. The lowest BCUT2D eigenvalue weighted by Gasteiger charge is -2.08. The number of aliphatic hydroxyl groups is 1. The van der Waals surface area contributed by atoms with Gasteiger partial charge < -0.3 is 10.8 Å². The second-order valence-corrected chi connectivity index (χ2v) is 1.63. The smallest absolute Gasteiger partial charge is 0.137 e. The minimum absolute atomic E-state index is 0.0302. The molecule has 0 aliphatic heterocycles. The van der Waals surface area contributed by atoms with E-state index in [9.17, 15) is 4.91 Å². The fraction of sp³-hybridized carbons (Fsp3) is 0.600.